The first-order valence-corrected chi connectivity index (χ1v) is 6.98. The van der Waals surface area contributed by atoms with Crippen LogP contribution in [-0.2, 0) is 5.41 Å². The molecule has 0 heterocycles. The van der Waals surface area contributed by atoms with Gasteiger partial charge in [0.25, 0.3) is 0 Å². The molecule has 0 aliphatic rings. The zero-order valence-electron chi connectivity index (χ0n) is 11.0. The van der Waals surface area contributed by atoms with Crippen LogP contribution in [0.25, 0.3) is 0 Å². The molecule has 2 rings (SSSR count). The van der Waals surface area contributed by atoms with Crippen molar-refractivity contribution in [2.45, 2.75) is 25.3 Å². The van der Waals surface area contributed by atoms with Crippen LogP contribution < -0.4 is 5.73 Å². The fraction of sp³-hybridized carbons (Fsp3) is 0.250. The molecule has 0 aliphatic carbocycles. The van der Waals surface area contributed by atoms with E-state index in [1.807, 2.05) is 44.2 Å². The van der Waals surface area contributed by atoms with Gasteiger partial charge in [0.2, 0.25) is 0 Å². The first kappa shape index (κ1) is 14.2. The molecule has 0 saturated carbocycles. The first-order valence-electron chi connectivity index (χ1n) is 6.19. The number of hydrogen-bond donors (Lipinski definition) is 1. The molecule has 0 bridgehead atoms. The molecular weight excluding hydrogens is 305 g/mol. The lowest BCUT2D eigenvalue weighted by Gasteiger charge is -2.33. The average Bonchev–Trinajstić information content (AvgIpc) is 2.41. The summed E-state index contributed by atoms with van der Waals surface area (Å²) >= 11 is 3.37. The Morgan fingerprint density at radius 3 is 2.37 bits per heavy atom. The molecule has 3 heteroatoms. The monoisotopic (exact) mass is 321 g/mol. The number of hydrogen-bond acceptors (Lipinski definition) is 1. The second-order valence-corrected chi connectivity index (χ2v) is 6.15. The molecule has 0 aliphatic heterocycles. The van der Waals surface area contributed by atoms with Gasteiger partial charge in [0.1, 0.15) is 5.82 Å². The summed E-state index contributed by atoms with van der Waals surface area (Å²) in [7, 11) is 0. The standard InChI is InChI=1S/C16H17BrFN/c1-16(2,11-6-4-3-5-7-11)15(19)13-10-12(17)8-9-14(13)18/h3-10,15H,19H2,1-2H3. The van der Waals surface area contributed by atoms with Crippen LogP contribution in [0.5, 0.6) is 0 Å². The van der Waals surface area contributed by atoms with Gasteiger partial charge in [-0.2, -0.15) is 0 Å². The van der Waals surface area contributed by atoms with Gasteiger partial charge >= 0.3 is 0 Å². The molecule has 2 N–H and O–H groups in total. The number of rotatable bonds is 3. The molecule has 0 saturated heterocycles. The normalized spacial score (nSPS) is 13.3. The zero-order chi connectivity index (χ0) is 14.0. The SMILES string of the molecule is CC(C)(c1ccccc1)C(N)c1cc(Br)ccc1F. The van der Waals surface area contributed by atoms with E-state index in [1.54, 1.807) is 12.1 Å². The minimum Gasteiger partial charge on any atom is -0.323 e. The summed E-state index contributed by atoms with van der Waals surface area (Å²) < 4.78 is 14.8. The Balaban J connectivity index is 2.43. The molecule has 0 radical (unpaired) electrons. The van der Waals surface area contributed by atoms with E-state index < -0.39 is 6.04 Å². The molecule has 100 valence electrons. The quantitative estimate of drug-likeness (QED) is 0.880. The van der Waals surface area contributed by atoms with E-state index in [4.69, 9.17) is 5.73 Å². The number of halogens is 2. The van der Waals surface area contributed by atoms with Crippen molar-refractivity contribution in [2.75, 3.05) is 0 Å². The lowest BCUT2D eigenvalue weighted by atomic mass is 9.75. The number of benzene rings is 2. The van der Waals surface area contributed by atoms with Crippen LogP contribution in [0.3, 0.4) is 0 Å². The third-order valence-corrected chi connectivity index (χ3v) is 4.08. The Bertz CT molecular complexity index is 566. The zero-order valence-corrected chi connectivity index (χ0v) is 12.6. The first-order chi connectivity index (χ1) is 8.93. The van der Waals surface area contributed by atoms with Gasteiger partial charge in [0.05, 0.1) is 0 Å². The maximum absolute atomic E-state index is 14.0. The van der Waals surface area contributed by atoms with Gasteiger partial charge in [-0.05, 0) is 23.8 Å². The molecule has 2 aromatic carbocycles. The molecule has 0 aromatic heterocycles. The molecule has 1 unspecified atom stereocenters. The second-order valence-electron chi connectivity index (χ2n) is 5.23. The van der Waals surface area contributed by atoms with E-state index >= 15 is 0 Å². The van der Waals surface area contributed by atoms with Crippen molar-refractivity contribution in [1.29, 1.82) is 0 Å². The van der Waals surface area contributed by atoms with Crippen LogP contribution in [0, 0.1) is 5.82 Å². The van der Waals surface area contributed by atoms with E-state index in [1.165, 1.54) is 6.07 Å². The van der Waals surface area contributed by atoms with E-state index in [0.29, 0.717) is 5.56 Å². The lowest BCUT2D eigenvalue weighted by molar-refractivity contribution is 0.406. The van der Waals surface area contributed by atoms with Gasteiger partial charge in [-0.15, -0.1) is 0 Å². The highest BCUT2D eigenvalue weighted by Gasteiger charge is 2.31. The fourth-order valence-corrected chi connectivity index (χ4v) is 2.57. The maximum Gasteiger partial charge on any atom is 0.128 e. The van der Waals surface area contributed by atoms with Gasteiger partial charge < -0.3 is 5.73 Å². The topological polar surface area (TPSA) is 26.0 Å². The minimum atomic E-state index is -0.410. The maximum atomic E-state index is 14.0. The molecule has 0 amide bonds. The molecule has 19 heavy (non-hydrogen) atoms. The molecule has 2 aromatic rings. The van der Waals surface area contributed by atoms with Crippen molar-refractivity contribution in [3.8, 4) is 0 Å². The smallest absolute Gasteiger partial charge is 0.128 e. The van der Waals surface area contributed by atoms with Gasteiger partial charge in [0.15, 0.2) is 0 Å². The molecule has 1 atom stereocenters. The Kier molecular flexibility index (Phi) is 4.07. The predicted octanol–water partition coefficient (Wildman–Crippen LogP) is 4.57. The fourth-order valence-electron chi connectivity index (χ4n) is 2.19. The van der Waals surface area contributed by atoms with Crippen LogP contribution in [0.1, 0.15) is 31.0 Å². The van der Waals surface area contributed by atoms with Crippen LogP contribution >= 0.6 is 15.9 Å². The molecular formula is C16H17BrFN. The van der Waals surface area contributed by atoms with Crippen molar-refractivity contribution in [1.82, 2.24) is 0 Å². The van der Waals surface area contributed by atoms with Crippen molar-refractivity contribution in [3.05, 3.63) is 69.9 Å². The van der Waals surface area contributed by atoms with Crippen molar-refractivity contribution >= 4 is 15.9 Å². The van der Waals surface area contributed by atoms with Gasteiger partial charge in [-0.1, -0.05) is 60.1 Å². The van der Waals surface area contributed by atoms with Crippen molar-refractivity contribution in [3.63, 3.8) is 0 Å². The van der Waals surface area contributed by atoms with Crippen LogP contribution in [0.2, 0.25) is 0 Å². The third kappa shape index (κ3) is 2.88. The summed E-state index contributed by atoms with van der Waals surface area (Å²) in [5.74, 6) is -0.264. The summed E-state index contributed by atoms with van der Waals surface area (Å²) in [5, 5.41) is 0. The second kappa shape index (κ2) is 5.43. The summed E-state index contributed by atoms with van der Waals surface area (Å²) in [6, 6.07) is 14.4. The summed E-state index contributed by atoms with van der Waals surface area (Å²) in [5.41, 5.74) is 7.60. The third-order valence-electron chi connectivity index (χ3n) is 3.59. The highest BCUT2D eigenvalue weighted by Crippen LogP contribution is 2.36. The Hall–Kier alpha value is -1.19. The molecule has 1 nitrogen and oxygen atoms in total. The predicted molar refractivity (Wildman–Crippen MR) is 80.5 cm³/mol. The minimum absolute atomic E-state index is 0.264. The van der Waals surface area contributed by atoms with Gasteiger partial charge in [-0.3, -0.25) is 0 Å². The highest BCUT2D eigenvalue weighted by molar-refractivity contribution is 9.10. The summed E-state index contributed by atoms with van der Waals surface area (Å²) in [6.45, 7) is 4.07. The van der Waals surface area contributed by atoms with Crippen LogP contribution in [0.15, 0.2) is 53.0 Å². The van der Waals surface area contributed by atoms with E-state index in [-0.39, 0.29) is 11.2 Å². The van der Waals surface area contributed by atoms with Crippen molar-refractivity contribution in [2.24, 2.45) is 5.73 Å². The Labute approximate surface area is 121 Å². The van der Waals surface area contributed by atoms with Crippen molar-refractivity contribution < 1.29 is 4.39 Å². The van der Waals surface area contributed by atoms with Crippen LogP contribution in [-0.4, -0.2) is 0 Å². The summed E-state index contributed by atoms with van der Waals surface area (Å²) in [6.07, 6.45) is 0. The van der Waals surface area contributed by atoms with Gasteiger partial charge in [-0.25, -0.2) is 4.39 Å². The van der Waals surface area contributed by atoms with E-state index in [9.17, 15) is 4.39 Å². The lowest BCUT2D eigenvalue weighted by Crippen LogP contribution is -2.33. The van der Waals surface area contributed by atoms with E-state index in [0.717, 1.165) is 10.0 Å². The number of nitrogens with two attached hydrogens (primary N) is 1. The largest absolute Gasteiger partial charge is 0.323 e. The molecule has 0 fully saturated rings. The summed E-state index contributed by atoms with van der Waals surface area (Å²) in [4.78, 5) is 0. The van der Waals surface area contributed by atoms with E-state index in [2.05, 4.69) is 15.9 Å². The molecule has 0 spiro atoms. The van der Waals surface area contributed by atoms with Gasteiger partial charge in [0, 0.05) is 21.5 Å². The van der Waals surface area contributed by atoms with Crippen LogP contribution in [0.4, 0.5) is 4.39 Å². The Morgan fingerprint density at radius 2 is 1.74 bits per heavy atom. The average molecular weight is 322 g/mol. The highest BCUT2D eigenvalue weighted by atomic mass is 79.9. The Morgan fingerprint density at radius 1 is 1.11 bits per heavy atom.